The molecular weight excluding hydrogens is 242 g/mol. The molecule has 1 aromatic heterocycles. The van der Waals surface area contributed by atoms with E-state index in [1.165, 1.54) is 22.6 Å². The molecule has 6 nitrogen and oxygen atoms in total. The fourth-order valence-electron chi connectivity index (χ4n) is 2.06. The Morgan fingerprint density at radius 1 is 1.59 bits per heavy atom. The van der Waals surface area contributed by atoms with Crippen molar-refractivity contribution in [3.8, 4) is 0 Å². The Morgan fingerprint density at radius 3 is 3.00 bits per heavy atom. The maximum absolute atomic E-state index is 12.3. The Morgan fingerprint density at radius 2 is 2.35 bits per heavy atom. The van der Waals surface area contributed by atoms with Gasteiger partial charge in [0.25, 0.3) is 0 Å². The number of aliphatic hydroxyl groups excluding tert-OH is 1. The standard InChI is InChI=1S/C10H15N3O3S/c11-10-9(4-1-5-12-10)17(15,16)13-6-2-3-8(13)7-14/h1,4-5,8,14H,2-3,6-7H2,(H2,11,12)/t8-/m1/s1. The van der Waals surface area contributed by atoms with Crippen LogP contribution in [-0.4, -0.2) is 42.0 Å². The molecule has 1 aliphatic heterocycles. The quantitative estimate of drug-likeness (QED) is 0.782. The minimum atomic E-state index is -3.64. The first kappa shape index (κ1) is 12.3. The summed E-state index contributed by atoms with van der Waals surface area (Å²) in [5.74, 6) is -0.00362. The SMILES string of the molecule is Nc1ncccc1S(=O)(=O)N1CCC[C@@H]1CO. The van der Waals surface area contributed by atoms with Crippen molar-refractivity contribution in [2.75, 3.05) is 18.9 Å². The van der Waals surface area contributed by atoms with Gasteiger partial charge in [-0.25, -0.2) is 13.4 Å². The predicted octanol–water partition coefficient (Wildman–Crippen LogP) is -0.191. The number of nitrogens with zero attached hydrogens (tertiary/aromatic N) is 2. The number of hydrogen-bond donors (Lipinski definition) is 2. The lowest BCUT2D eigenvalue weighted by Gasteiger charge is -2.22. The van der Waals surface area contributed by atoms with E-state index < -0.39 is 10.0 Å². The van der Waals surface area contributed by atoms with Crippen LogP contribution in [0.25, 0.3) is 0 Å². The summed E-state index contributed by atoms with van der Waals surface area (Å²) >= 11 is 0. The number of sulfonamides is 1. The highest BCUT2D eigenvalue weighted by molar-refractivity contribution is 7.89. The van der Waals surface area contributed by atoms with Crippen LogP contribution in [0.15, 0.2) is 23.2 Å². The number of pyridine rings is 1. The zero-order valence-electron chi connectivity index (χ0n) is 9.28. The van der Waals surface area contributed by atoms with E-state index in [9.17, 15) is 8.42 Å². The van der Waals surface area contributed by atoms with Gasteiger partial charge >= 0.3 is 0 Å². The average Bonchev–Trinajstić information content (AvgIpc) is 2.78. The van der Waals surface area contributed by atoms with Gasteiger partial charge in [-0.2, -0.15) is 4.31 Å². The van der Waals surface area contributed by atoms with Crippen molar-refractivity contribution in [2.24, 2.45) is 0 Å². The van der Waals surface area contributed by atoms with Crippen LogP contribution in [0.5, 0.6) is 0 Å². The molecule has 1 atom stereocenters. The highest BCUT2D eigenvalue weighted by atomic mass is 32.2. The molecule has 17 heavy (non-hydrogen) atoms. The molecule has 2 rings (SSSR count). The molecule has 0 amide bonds. The number of nitrogens with two attached hydrogens (primary N) is 1. The first-order chi connectivity index (χ1) is 8.07. The van der Waals surface area contributed by atoms with Crippen molar-refractivity contribution < 1.29 is 13.5 Å². The van der Waals surface area contributed by atoms with Crippen molar-refractivity contribution in [1.82, 2.24) is 9.29 Å². The van der Waals surface area contributed by atoms with Gasteiger partial charge in [0.15, 0.2) is 0 Å². The number of rotatable bonds is 3. The third-order valence-corrected chi connectivity index (χ3v) is 4.92. The van der Waals surface area contributed by atoms with E-state index in [1.807, 2.05) is 0 Å². The van der Waals surface area contributed by atoms with E-state index in [4.69, 9.17) is 10.8 Å². The lowest BCUT2D eigenvalue weighted by molar-refractivity contribution is 0.213. The van der Waals surface area contributed by atoms with Gasteiger partial charge < -0.3 is 10.8 Å². The van der Waals surface area contributed by atoms with Gasteiger partial charge in [0.05, 0.1) is 6.61 Å². The van der Waals surface area contributed by atoms with Crippen molar-refractivity contribution >= 4 is 15.8 Å². The van der Waals surface area contributed by atoms with Crippen molar-refractivity contribution in [2.45, 2.75) is 23.8 Å². The Kier molecular flexibility index (Phi) is 3.32. The molecular formula is C10H15N3O3S. The van der Waals surface area contributed by atoms with Crippen LogP contribution in [0.4, 0.5) is 5.82 Å². The molecule has 2 heterocycles. The minimum Gasteiger partial charge on any atom is -0.395 e. The van der Waals surface area contributed by atoms with E-state index in [-0.39, 0.29) is 23.4 Å². The molecule has 94 valence electrons. The minimum absolute atomic E-state index is 0.00362. The van der Waals surface area contributed by atoms with Gasteiger partial charge in [0.1, 0.15) is 10.7 Å². The van der Waals surface area contributed by atoms with Crippen LogP contribution in [0.2, 0.25) is 0 Å². The van der Waals surface area contributed by atoms with Gasteiger partial charge in [-0.15, -0.1) is 0 Å². The molecule has 1 fully saturated rings. The summed E-state index contributed by atoms with van der Waals surface area (Å²) < 4.78 is 25.9. The van der Waals surface area contributed by atoms with Gasteiger partial charge in [0, 0.05) is 18.8 Å². The van der Waals surface area contributed by atoms with E-state index >= 15 is 0 Å². The number of nitrogen functional groups attached to an aromatic ring is 1. The lowest BCUT2D eigenvalue weighted by Crippen LogP contribution is -2.37. The summed E-state index contributed by atoms with van der Waals surface area (Å²) in [5.41, 5.74) is 5.58. The fourth-order valence-corrected chi connectivity index (χ4v) is 3.81. The fraction of sp³-hybridized carbons (Fsp3) is 0.500. The lowest BCUT2D eigenvalue weighted by atomic mass is 10.2. The molecule has 0 aromatic carbocycles. The maximum atomic E-state index is 12.3. The summed E-state index contributed by atoms with van der Waals surface area (Å²) in [5, 5.41) is 9.16. The van der Waals surface area contributed by atoms with E-state index in [2.05, 4.69) is 4.98 Å². The van der Waals surface area contributed by atoms with E-state index in [0.29, 0.717) is 13.0 Å². The Labute approximate surface area is 100 Å². The molecule has 1 saturated heterocycles. The third-order valence-electron chi connectivity index (χ3n) is 2.92. The van der Waals surface area contributed by atoms with Gasteiger partial charge in [0.2, 0.25) is 10.0 Å². The highest BCUT2D eigenvalue weighted by Crippen LogP contribution is 2.27. The highest BCUT2D eigenvalue weighted by Gasteiger charge is 2.35. The zero-order valence-corrected chi connectivity index (χ0v) is 10.1. The van der Waals surface area contributed by atoms with Gasteiger partial charge in [-0.3, -0.25) is 0 Å². The van der Waals surface area contributed by atoms with Gasteiger partial charge in [-0.05, 0) is 25.0 Å². The molecule has 0 aliphatic carbocycles. The Bertz CT molecular complexity index is 503. The van der Waals surface area contributed by atoms with Crippen molar-refractivity contribution in [1.29, 1.82) is 0 Å². The smallest absolute Gasteiger partial charge is 0.247 e. The largest absolute Gasteiger partial charge is 0.395 e. The van der Waals surface area contributed by atoms with Crippen LogP contribution in [-0.2, 0) is 10.0 Å². The summed E-state index contributed by atoms with van der Waals surface area (Å²) in [6, 6.07) is 2.62. The molecule has 0 spiro atoms. The second-order valence-electron chi connectivity index (χ2n) is 3.98. The second kappa shape index (κ2) is 4.59. The summed E-state index contributed by atoms with van der Waals surface area (Å²) in [7, 11) is -3.64. The first-order valence-electron chi connectivity index (χ1n) is 5.40. The van der Waals surface area contributed by atoms with Crippen LogP contribution in [0.1, 0.15) is 12.8 Å². The molecule has 7 heteroatoms. The first-order valence-corrected chi connectivity index (χ1v) is 6.84. The molecule has 0 radical (unpaired) electrons. The van der Waals surface area contributed by atoms with E-state index in [0.717, 1.165) is 6.42 Å². The van der Waals surface area contributed by atoms with Crippen molar-refractivity contribution in [3.63, 3.8) is 0 Å². The number of aliphatic hydroxyl groups is 1. The normalized spacial score (nSPS) is 21.8. The maximum Gasteiger partial charge on any atom is 0.247 e. The topological polar surface area (TPSA) is 96.5 Å². The number of hydrogen-bond acceptors (Lipinski definition) is 5. The molecule has 3 N–H and O–H groups in total. The van der Waals surface area contributed by atoms with Gasteiger partial charge in [-0.1, -0.05) is 0 Å². The summed E-state index contributed by atoms with van der Waals surface area (Å²) in [6.45, 7) is 0.251. The number of anilines is 1. The zero-order chi connectivity index (χ0) is 12.5. The Hall–Kier alpha value is -1.18. The second-order valence-corrected chi connectivity index (χ2v) is 5.84. The van der Waals surface area contributed by atoms with E-state index in [1.54, 1.807) is 0 Å². The molecule has 0 saturated carbocycles. The van der Waals surface area contributed by atoms with Crippen LogP contribution in [0.3, 0.4) is 0 Å². The number of aromatic nitrogens is 1. The molecule has 1 aromatic rings. The van der Waals surface area contributed by atoms with Crippen LogP contribution >= 0.6 is 0 Å². The molecule has 0 unspecified atom stereocenters. The van der Waals surface area contributed by atoms with Crippen molar-refractivity contribution in [3.05, 3.63) is 18.3 Å². The Balaban J connectivity index is 2.40. The molecule has 0 bridgehead atoms. The van der Waals surface area contributed by atoms with Crippen LogP contribution < -0.4 is 5.73 Å². The molecule has 1 aliphatic rings. The average molecular weight is 257 g/mol. The van der Waals surface area contributed by atoms with Crippen LogP contribution in [0, 0.1) is 0 Å². The summed E-state index contributed by atoms with van der Waals surface area (Å²) in [6.07, 6.45) is 2.88. The summed E-state index contributed by atoms with van der Waals surface area (Å²) in [4.78, 5) is 3.79. The monoisotopic (exact) mass is 257 g/mol. The predicted molar refractivity (Wildman–Crippen MR) is 62.6 cm³/mol. The third kappa shape index (κ3) is 2.13.